The zero-order valence-electron chi connectivity index (χ0n) is 5.96. The van der Waals surface area contributed by atoms with Gasteiger partial charge in [-0.05, 0) is 12.1 Å². The van der Waals surface area contributed by atoms with E-state index in [1.807, 2.05) is 0 Å². The van der Waals surface area contributed by atoms with Gasteiger partial charge in [0, 0.05) is 4.90 Å². The van der Waals surface area contributed by atoms with Gasteiger partial charge in [0.2, 0.25) is 0 Å². The topological polar surface area (TPSA) is 60.7 Å². The molecule has 0 saturated carbocycles. The van der Waals surface area contributed by atoms with E-state index in [4.69, 9.17) is 14.7 Å². The Labute approximate surface area is 71.6 Å². The number of hydrogen-bond acceptors (Lipinski definition) is 0. The molecule has 3 N–H and O–H groups in total. The molecule has 0 heterocycles. The van der Waals surface area contributed by atoms with Gasteiger partial charge in [0.05, 0.1) is 10.5 Å². The second-order valence-corrected chi connectivity index (χ2v) is 6.47. The van der Waals surface area contributed by atoms with Gasteiger partial charge in [0.1, 0.15) is 0 Å². The van der Waals surface area contributed by atoms with Crippen LogP contribution in [-0.4, -0.2) is 14.7 Å². The second kappa shape index (κ2) is 3.68. The molecule has 0 aromatic heterocycles. The lowest BCUT2D eigenvalue weighted by atomic mass is 10.4. The van der Waals surface area contributed by atoms with Crippen LogP contribution in [0.1, 0.15) is 0 Å². The fraction of sp³-hybridized carbons (Fsp3) is 0. The highest BCUT2D eigenvalue weighted by molar-refractivity contribution is 8.24. The Morgan fingerprint density at radius 2 is 1.58 bits per heavy atom. The third-order valence-corrected chi connectivity index (χ3v) is 4.17. The molecule has 1 rings (SSSR count). The Balaban J connectivity index is 3.19. The maximum atomic E-state index is 13.0. The average molecular weight is 210 g/mol. The van der Waals surface area contributed by atoms with Crippen molar-refractivity contribution in [2.75, 3.05) is 0 Å². The molecule has 1 aromatic carbocycles. The highest BCUT2D eigenvalue weighted by Gasteiger charge is 2.13. The smallest absolute Gasteiger partial charge is 0.311 e. The molecule has 1 unspecified atom stereocenters. The van der Waals surface area contributed by atoms with Crippen LogP contribution in [0.15, 0.2) is 35.2 Å². The van der Waals surface area contributed by atoms with E-state index in [0.717, 1.165) is 0 Å². The van der Waals surface area contributed by atoms with E-state index >= 15 is 0 Å². The largest absolute Gasteiger partial charge is 0.327 e. The maximum absolute atomic E-state index is 13.0. The van der Waals surface area contributed by atoms with Crippen LogP contribution in [0.25, 0.3) is 0 Å². The van der Waals surface area contributed by atoms with Crippen molar-refractivity contribution in [3.8, 4) is 0 Å². The van der Waals surface area contributed by atoms with Crippen LogP contribution in [0, 0.1) is 0 Å². The first kappa shape index (κ1) is 9.89. The lowest BCUT2D eigenvalue weighted by Crippen LogP contribution is -1.87. The Hall–Kier alpha value is -0.190. The van der Waals surface area contributed by atoms with Crippen LogP contribution in [0.3, 0.4) is 0 Å². The Morgan fingerprint density at radius 1 is 1.08 bits per heavy atom. The maximum Gasteiger partial charge on any atom is 0.311 e. The molecule has 0 bridgehead atoms. The summed E-state index contributed by atoms with van der Waals surface area (Å²) in [6.45, 7) is -4.37. The summed E-state index contributed by atoms with van der Waals surface area (Å²) in [5.41, 5.74) is 0. The van der Waals surface area contributed by atoms with Crippen LogP contribution in [0.2, 0.25) is 0 Å². The Morgan fingerprint density at radius 3 is 2.00 bits per heavy atom. The number of halogens is 1. The standard InChI is InChI=1S/C6H8FO3PS/c7-12(11(8,9)10)6-4-2-1-3-5-6/h1-5,8-10H. The van der Waals surface area contributed by atoms with Gasteiger partial charge >= 0.3 is 6.72 Å². The summed E-state index contributed by atoms with van der Waals surface area (Å²) < 4.78 is 13.0. The number of rotatable bonds is 1. The normalized spacial score (nSPS) is 14.3. The number of benzene rings is 1. The van der Waals surface area contributed by atoms with E-state index in [2.05, 4.69) is 0 Å². The lowest BCUT2D eigenvalue weighted by Gasteiger charge is -2.05. The van der Waals surface area contributed by atoms with Gasteiger partial charge < -0.3 is 14.7 Å². The summed E-state index contributed by atoms with van der Waals surface area (Å²) >= 11 is 0. The summed E-state index contributed by atoms with van der Waals surface area (Å²) in [5.74, 6) is 0. The zero-order chi connectivity index (χ0) is 9.19. The fourth-order valence-electron chi connectivity index (χ4n) is 0.674. The van der Waals surface area contributed by atoms with Crippen molar-refractivity contribution < 1.29 is 18.6 Å². The second-order valence-electron chi connectivity index (χ2n) is 2.06. The summed E-state index contributed by atoms with van der Waals surface area (Å²) in [4.78, 5) is 25.9. The highest BCUT2D eigenvalue weighted by Crippen LogP contribution is 2.40. The van der Waals surface area contributed by atoms with Crippen LogP contribution < -0.4 is 0 Å². The summed E-state index contributed by atoms with van der Waals surface area (Å²) in [5, 5.41) is 0. The molecule has 3 nitrogen and oxygen atoms in total. The molecule has 0 radical (unpaired) electrons. The third kappa shape index (κ3) is 2.40. The van der Waals surface area contributed by atoms with Crippen LogP contribution in [-0.2, 0) is 10.5 Å². The lowest BCUT2D eigenvalue weighted by molar-refractivity contribution is 0.361. The predicted octanol–water partition coefficient (Wildman–Crippen LogP) is 1.20. The monoisotopic (exact) mass is 210 g/mol. The van der Waals surface area contributed by atoms with E-state index in [0.29, 0.717) is 0 Å². The Bertz CT molecular complexity index is 313. The van der Waals surface area contributed by atoms with Crippen molar-refractivity contribution in [3.05, 3.63) is 30.3 Å². The predicted molar refractivity (Wildman–Crippen MR) is 46.8 cm³/mol. The molecule has 68 valence electrons. The van der Waals surface area contributed by atoms with Crippen molar-refractivity contribution in [1.82, 2.24) is 0 Å². The molecule has 0 spiro atoms. The summed E-state index contributed by atoms with van der Waals surface area (Å²) in [6.07, 6.45) is 0. The van der Waals surface area contributed by atoms with Gasteiger partial charge in [-0.2, -0.15) is 3.89 Å². The van der Waals surface area contributed by atoms with Gasteiger partial charge in [-0.1, -0.05) is 18.2 Å². The molecule has 0 aliphatic heterocycles. The molecule has 0 aliphatic rings. The molecular formula is C6H8FO3PS. The van der Waals surface area contributed by atoms with Gasteiger partial charge in [0.15, 0.2) is 0 Å². The summed E-state index contributed by atoms with van der Waals surface area (Å²) in [6, 6.07) is 7.57. The quantitative estimate of drug-likeness (QED) is 0.610. The first-order chi connectivity index (χ1) is 5.52. The molecule has 0 aliphatic carbocycles. The molecule has 6 heteroatoms. The zero-order valence-corrected chi connectivity index (χ0v) is 7.67. The third-order valence-electron chi connectivity index (χ3n) is 1.15. The fourth-order valence-corrected chi connectivity index (χ4v) is 2.55. The molecule has 0 amide bonds. The molecule has 1 aromatic rings. The van der Waals surface area contributed by atoms with Crippen LogP contribution in [0.5, 0.6) is 0 Å². The van der Waals surface area contributed by atoms with E-state index < -0.39 is 17.2 Å². The van der Waals surface area contributed by atoms with Crippen molar-refractivity contribution in [3.63, 3.8) is 0 Å². The van der Waals surface area contributed by atoms with E-state index in [1.165, 1.54) is 12.1 Å². The molecule has 12 heavy (non-hydrogen) atoms. The van der Waals surface area contributed by atoms with Crippen molar-refractivity contribution >= 4 is 17.2 Å². The molecular weight excluding hydrogens is 202 g/mol. The Kier molecular flexibility index (Phi) is 3.04. The van der Waals surface area contributed by atoms with Crippen molar-refractivity contribution in [2.45, 2.75) is 4.90 Å². The van der Waals surface area contributed by atoms with Crippen LogP contribution >= 0.6 is 6.72 Å². The van der Waals surface area contributed by atoms with E-state index in [-0.39, 0.29) is 4.90 Å². The first-order valence-corrected chi connectivity index (χ1v) is 6.43. The van der Waals surface area contributed by atoms with Crippen molar-refractivity contribution in [1.29, 1.82) is 0 Å². The van der Waals surface area contributed by atoms with Gasteiger partial charge in [-0.3, -0.25) is 0 Å². The SMILES string of the molecule is OP(O)(O)=S(F)c1ccccc1. The molecule has 0 fully saturated rings. The molecule has 1 atom stereocenters. The van der Waals surface area contributed by atoms with Crippen molar-refractivity contribution in [2.24, 2.45) is 0 Å². The number of hydrogen-bond donors (Lipinski definition) is 3. The molecule has 0 saturated heterocycles. The van der Waals surface area contributed by atoms with Gasteiger partial charge in [-0.15, -0.1) is 0 Å². The highest BCUT2D eigenvalue weighted by atomic mass is 32.5. The van der Waals surface area contributed by atoms with E-state index in [9.17, 15) is 3.89 Å². The van der Waals surface area contributed by atoms with E-state index in [1.54, 1.807) is 18.2 Å². The minimum atomic E-state index is -4.37. The average Bonchev–Trinajstić information content (AvgIpc) is 2.03. The minimum absolute atomic E-state index is 0.0957. The minimum Gasteiger partial charge on any atom is -0.327 e. The van der Waals surface area contributed by atoms with Crippen LogP contribution in [0.4, 0.5) is 3.89 Å². The summed E-state index contributed by atoms with van der Waals surface area (Å²) in [7, 11) is -2.37. The van der Waals surface area contributed by atoms with Gasteiger partial charge in [-0.25, -0.2) is 0 Å². The van der Waals surface area contributed by atoms with Gasteiger partial charge in [0.25, 0.3) is 0 Å². The first-order valence-electron chi connectivity index (χ1n) is 3.05.